The van der Waals surface area contributed by atoms with Crippen LogP contribution in [0.3, 0.4) is 0 Å². The Labute approximate surface area is 185 Å². The van der Waals surface area contributed by atoms with Gasteiger partial charge in [0.25, 0.3) is 0 Å². The summed E-state index contributed by atoms with van der Waals surface area (Å²) < 4.78 is 21.3. The summed E-state index contributed by atoms with van der Waals surface area (Å²) in [5.74, 6) is 2.43. The standard InChI is InChI=1S/C25H22N2O5/c1-29-19-6-4-5-17(11-19)25-22-12-16(7-8-23(22)27-32-25)24(28)9-10-26-18-13-20(30-2)15-21(14-18)31-3/h4-15,26H,1-3H3/b10-9+. The number of nitrogens with zero attached hydrogens (tertiary/aromatic N) is 1. The van der Waals surface area contributed by atoms with Gasteiger partial charge in [0.1, 0.15) is 22.8 Å². The van der Waals surface area contributed by atoms with Gasteiger partial charge >= 0.3 is 0 Å². The van der Waals surface area contributed by atoms with Crippen LogP contribution in [-0.4, -0.2) is 32.3 Å². The Morgan fingerprint density at radius 3 is 2.38 bits per heavy atom. The molecule has 0 spiro atoms. The van der Waals surface area contributed by atoms with Gasteiger partial charge in [0.05, 0.1) is 26.7 Å². The van der Waals surface area contributed by atoms with Gasteiger partial charge in [-0.05, 0) is 30.3 Å². The third-order valence-corrected chi connectivity index (χ3v) is 4.93. The molecular weight excluding hydrogens is 408 g/mol. The van der Waals surface area contributed by atoms with Crippen LogP contribution in [0.4, 0.5) is 5.69 Å². The van der Waals surface area contributed by atoms with E-state index in [0.29, 0.717) is 34.1 Å². The second kappa shape index (κ2) is 9.26. The quantitative estimate of drug-likeness (QED) is 0.299. The number of ketones is 1. The number of nitrogens with one attached hydrogen (secondary N) is 1. The molecular formula is C25H22N2O5. The molecule has 1 heterocycles. The Hall–Kier alpha value is -4.26. The molecule has 0 aliphatic heterocycles. The highest BCUT2D eigenvalue weighted by molar-refractivity contribution is 6.07. The Morgan fingerprint density at radius 1 is 0.906 bits per heavy atom. The van der Waals surface area contributed by atoms with Crippen molar-refractivity contribution in [1.29, 1.82) is 0 Å². The zero-order valence-corrected chi connectivity index (χ0v) is 17.9. The fourth-order valence-corrected chi connectivity index (χ4v) is 3.27. The number of aromatic nitrogens is 1. The van der Waals surface area contributed by atoms with Crippen molar-refractivity contribution in [3.05, 3.63) is 78.5 Å². The maximum Gasteiger partial charge on any atom is 0.187 e. The van der Waals surface area contributed by atoms with Crippen molar-refractivity contribution in [2.24, 2.45) is 0 Å². The van der Waals surface area contributed by atoms with Gasteiger partial charge in [-0.2, -0.15) is 0 Å². The smallest absolute Gasteiger partial charge is 0.187 e. The number of hydrogen-bond acceptors (Lipinski definition) is 7. The van der Waals surface area contributed by atoms with Crippen molar-refractivity contribution in [3.8, 4) is 28.6 Å². The van der Waals surface area contributed by atoms with Gasteiger partial charge < -0.3 is 24.1 Å². The number of anilines is 1. The van der Waals surface area contributed by atoms with Crippen molar-refractivity contribution in [2.75, 3.05) is 26.6 Å². The van der Waals surface area contributed by atoms with E-state index in [1.165, 1.54) is 6.08 Å². The van der Waals surface area contributed by atoms with Crippen molar-refractivity contribution >= 4 is 22.4 Å². The summed E-state index contributed by atoms with van der Waals surface area (Å²) in [5, 5.41) is 7.93. The molecule has 7 nitrogen and oxygen atoms in total. The number of ether oxygens (including phenoxy) is 3. The Balaban J connectivity index is 1.56. The van der Waals surface area contributed by atoms with Crippen LogP contribution in [0, 0.1) is 0 Å². The van der Waals surface area contributed by atoms with Crippen LogP contribution in [0.2, 0.25) is 0 Å². The molecule has 4 rings (SSSR count). The molecule has 0 unspecified atom stereocenters. The zero-order chi connectivity index (χ0) is 22.5. The van der Waals surface area contributed by atoms with E-state index < -0.39 is 0 Å². The Kier molecular flexibility index (Phi) is 6.07. The molecule has 0 aliphatic carbocycles. The number of methoxy groups -OCH3 is 3. The first-order chi connectivity index (χ1) is 15.6. The van der Waals surface area contributed by atoms with Crippen LogP contribution in [0.15, 0.2) is 77.5 Å². The molecule has 0 aliphatic rings. The second-order valence-electron chi connectivity index (χ2n) is 6.92. The SMILES string of the molecule is COc1cc(N/C=C/C(=O)c2ccc3noc(-c4cccc(OC)c4)c3c2)cc(OC)c1. The molecule has 0 radical (unpaired) electrons. The summed E-state index contributed by atoms with van der Waals surface area (Å²) in [7, 11) is 4.77. The maximum absolute atomic E-state index is 12.7. The molecule has 1 aromatic heterocycles. The zero-order valence-electron chi connectivity index (χ0n) is 17.9. The first-order valence-electron chi connectivity index (χ1n) is 9.85. The highest BCUT2D eigenvalue weighted by Crippen LogP contribution is 2.31. The van der Waals surface area contributed by atoms with Gasteiger partial charge in [-0.25, -0.2) is 0 Å². The highest BCUT2D eigenvalue weighted by atomic mass is 16.5. The van der Waals surface area contributed by atoms with Crippen LogP contribution in [0.5, 0.6) is 17.2 Å². The number of rotatable bonds is 8. The normalized spacial score (nSPS) is 11.0. The number of carbonyl (C=O) groups is 1. The summed E-state index contributed by atoms with van der Waals surface area (Å²) in [4.78, 5) is 12.7. The number of carbonyl (C=O) groups excluding carboxylic acids is 1. The Morgan fingerprint density at radius 2 is 1.66 bits per heavy atom. The molecule has 162 valence electrons. The lowest BCUT2D eigenvalue weighted by atomic mass is 10.0. The lowest BCUT2D eigenvalue weighted by molar-refractivity contribution is 0.104. The lowest BCUT2D eigenvalue weighted by Crippen LogP contribution is -1.97. The average Bonchev–Trinajstić information content (AvgIpc) is 3.27. The molecule has 4 aromatic rings. The summed E-state index contributed by atoms with van der Waals surface area (Å²) in [6, 6.07) is 18.2. The monoisotopic (exact) mass is 430 g/mol. The van der Waals surface area contributed by atoms with Gasteiger partial charge in [0.2, 0.25) is 0 Å². The van der Waals surface area contributed by atoms with Gasteiger partial charge in [0, 0.05) is 47.3 Å². The molecule has 0 atom stereocenters. The summed E-state index contributed by atoms with van der Waals surface area (Å²) in [6.07, 6.45) is 3.04. The topological polar surface area (TPSA) is 82.8 Å². The van der Waals surface area contributed by atoms with E-state index in [2.05, 4.69) is 10.5 Å². The first kappa shape index (κ1) is 21.0. The Bertz CT molecular complexity index is 1270. The molecule has 0 bridgehead atoms. The van der Waals surface area contributed by atoms with E-state index in [-0.39, 0.29) is 5.78 Å². The average molecular weight is 430 g/mol. The van der Waals surface area contributed by atoms with Crippen LogP contribution < -0.4 is 19.5 Å². The van der Waals surface area contributed by atoms with Crippen molar-refractivity contribution in [3.63, 3.8) is 0 Å². The largest absolute Gasteiger partial charge is 0.497 e. The number of allylic oxidation sites excluding steroid dienone is 1. The lowest BCUT2D eigenvalue weighted by Gasteiger charge is -2.08. The summed E-state index contributed by atoms with van der Waals surface area (Å²) in [6.45, 7) is 0. The maximum atomic E-state index is 12.7. The highest BCUT2D eigenvalue weighted by Gasteiger charge is 2.14. The van der Waals surface area contributed by atoms with E-state index in [0.717, 1.165) is 16.6 Å². The van der Waals surface area contributed by atoms with E-state index in [4.69, 9.17) is 18.7 Å². The van der Waals surface area contributed by atoms with Crippen LogP contribution in [-0.2, 0) is 0 Å². The van der Waals surface area contributed by atoms with Gasteiger partial charge in [-0.3, -0.25) is 4.79 Å². The van der Waals surface area contributed by atoms with Gasteiger partial charge in [-0.15, -0.1) is 0 Å². The number of fused-ring (bicyclic) bond motifs is 1. The minimum Gasteiger partial charge on any atom is -0.497 e. The number of hydrogen-bond donors (Lipinski definition) is 1. The van der Waals surface area contributed by atoms with Crippen molar-refractivity contribution in [1.82, 2.24) is 5.16 Å². The molecule has 0 saturated carbocycles. The molecule has 7 heteroatoms. The van der Waals surface area contributed by atoms with E-state index in [1.54, 1.807) is 63.9 Å². The van der Waals surface area contributed by atoms with E-state index >= 15 is 0 Å². The van der Waals surface area contributed by atoms with Crippen LogP contribution in [0.1, 0.15) is 10.4 Å². The minimum absolute atomic E-state index is 0.160. The fraction of sp³-hybridized carbons (Fsp3) is 0.120. The van der Waals surface area contributed by atoms with E-state index in [9.17, 15) is 4.79 Å². The predicted molar refractivity (Wildman–Crippen MR) is 123 cm³/mol. The summed E-state index contributed by atoms with van der Waals surface area (Å²) in [5.41, 5.74) is 2.75. The third kappa shape index (κ3) is 4.41. The molecule has 32 heavy (non-hydrogen) atoms. The molecule has 0 fully saturated rings. The summed E-state index contributed by atoms with van der Waals surface area (Å²) >= 11 is 0. The van der Waals surface area contributed by atoms with E-state index in [1.807, 2.05) is 24.3 Å². The third-order valence-electron chi connectivity index (χ3n) is 4.93. The molecule has 1 N–H and O–H groups in total. The predicted octanol–water partition coefficient (Wildman–Crippen LogP) is 5.33. The molecule has 0 saturated heterocycles. The first-order valence-corrected chi connectivity index (χ1v) is 9.85. The molecule has 0 amide bonds. The molecule has 3 aromatic carbocycles. The number of benzene rings is 3. The minimum atomic E-state index is -0.160. The second-order valence-corrected chi connectivity index (χ2v) is 6.92. The van der Waals surface area contributed by atoms with Crippen molar-refractivity contribution < 1.29 is 23.5 Å². The van der Waals surface area contributed by atoms with Crippen LogP contribution >= 0.6 is 0 Å². The van der Waals surface area contributed by atoms with Crippen molar-refractivity contribution in [2.45, 2.75) is 0 Å². The van der Waals surface area contributed by atoms with Gasteiger partial charge in [-0.1, -0.05) is 17.3 Å². The van der Waals surface area contributed by atoms with Gasteiger partial charge in [0.15, 0.2) is 11.5 Å². The fourth-order valence-electron chi connectivity index (χ4n) is 3.27. The van der Waals surface area contributed by atoms with Crippen LogP contribution in [0.25, 0.3) is 22.2 Å².